The van der Waals surface area contributed by atoms with Crippen molar-refractivity contribution in [3.8, 4) is 11.3 Å². The summed E-state index contributed by atoms with van der Waals surface area (Å²) in [6.07, 6.45) is 1.19. The van der Waals surface area contributed by atoms with Crippen LogP contribution >= 0.6 is 11.3 Å². The molecule has 0 amide bonds. The first kappa shape index (κ1) is 11.7. The highest BCUT2D eigenvalue weighted by molar-refractivity contribution is 7.26. The van der Waals surface area contributed by atoms with E-state index in [1.807, 2.05) is 24.3 Å². The van der Waals surface area contributed by atoms with E-state index in [1.54, 1.807) is 11.3 Å². The fraction of sp³-hybridized carbons (Fsp3) is 0.0741. The number of benzene rings is 4. The Labute approximate surface area is 181 Å². The van der Waals surface area contributed by atoms with E-state index in [2.05, 4.69) is 47.4 Å². The summed E-state index contributed by atoms with van der Waals surface area (Å²) in [6, 6.07) is 24.4. The first-order valence-corrected chi connectivity index (χ1v) is 10.2. The number of pyridine rings is 1. The van der Waals surface area contributed by atoms with Gasteiger partial charge in [0.05, 0.1) is 5.69 Å². The molecule has 0 unspecified atom stereocenters. The summed E-state index contributed by atoms with van der Waals surface area (Å²) in [6.45, 7) is -5.12. The van der Waals surface area contributed by atoms with Gasteiger partial charge in [0.1, 0.15) is 0 Å². The van der Waals surface area contributed by atoms with E-state index >= 15 is 0 Å². The molecule has 0 atom stereocenters. The third-order valence-corrected chi connectivity index (χ3v) is 6.74. The topological polar surface area (TPSA) is 12.9 Å². The first-order valence-electron chi connectivity index (χ1n) is 12.4. The molecule has 1 nitrogen and oxygen atoms in total. The fourth-order valence-electron chi connectivity index (χ4n) is 4.10. The molecular weight excluding hydrogens is 370 g/mol. The second-order valence-electron chi connectivity index (χ2n) is 7.26. The van der Waals surface area contributed by atoms with Gasteiger partial charge in [-0.2, -0.15) is 0 Å². The van der Waals surface area contributed by atoms with Crippen molar-refractivity contribution in [1.82, 2.24) is 4.98 Å². The van der Waals surface area contributed by atoms with E-state index in [1.165, 1.54) is 28.4 Å². The second kappa shape index (κ2) is 6.13. The predicted octanol–water partition coefficient (Wildman–Crippen LogP) is 8.04. The van der Waals surface area contributed by atoms with E-state index in [4.69, 9.17) is 8.22 Å². The molecule has 0 aliphatic rings. The van der Waals surface area contributed by atoms with E-state index < -0.39 is 13.7 Å². The average molecular weight is 396 g/mol. The molecule has 29 heavy (non-hydrogen) atoms. The zero-order valence-corrected chi connectivity index (χ0v) is 16.2. The molecule has 0 saturated carbocycles. The maximum absolute atomic E-state index is 7.91. The highest BCUT2D eigenvalue weighted by atomic mass is 32.1. The minimum atomic E-state index is -2.56. The lowest BCUT2D eigenvalue weighted by molar-refractivity contribution is 1.22. The van der Waals surface area contributed by atoms with Crippen LogP contribution in [-0.4, -0.2) is 4.98 Å². The van der Waals surface area contributed by atoms with Gasteiger partial charge in [-0.3, -0.25) is 4.98 Å². The zero-order valence-electron chi connectivity index (χ0n) is 21.4. The molecule has 0 spiro atoms. The molecule has 4 aromatic carbocycles. The number of thiophene rings is 1. The largest absolute Gasteiger partial charge is 0.256 e. The Balaban J connectivity index is 1.62. The van der Waals surface area contributed by atoms with Crippen molar-refractivity contribution in [3.05, 3.63) is 90.1 Å². The second-order valence-corrected chi connectivity index (χ2v) is 8.31. The van der Waals surface area contributed by atoms with Crippen LogP contribution in [0.25, 0.3) is 53.0 Å². The summed E-state index contributed by atoms with van der Waals surface area (Å²) in [5.41, 5.74) is 0.831. The number of fused-ring (bicyclic) bond motifs is 6. The Morgan fingerprint density at radius 1 is 0.724 bits per heavy atom. The Hall–Kier alpha value is -3.23. The van der Waals surface area contributed by atoms with Crippen molar-refractivity contribution >= 4 is 53.1 Å². The van der Waals surface area contributed by atoms with Crippen molar-refractivity contribution in [2.24, 2.45) is 0 Å². The highest BCUT2D eigenvalue weighted by Gasteiger charge is 2.13. The molecule has 2 heterocycles. The van der Waals surface area contributed by atoms with Gasteiger partial charge in [0.25, 0.3) is 0 Å². The zero-order chi connectivity index (χ0) is 24.5. The summed E-state index contributed by atoms with van der Waals surface area (Å²) < 4.78 is 49.1. The number of hydrogen-bond donors (Lipinski definition) is 0. The van der Waals surface area contributed by atoms with Gasteiger partial charge in [0.15, 0.2) is 0 Å². The monoisotopic (exact) mass is 395 g/mol. The number of aryl methyl sites for hydroxylation is 2. The van der Waals surface area contributed by atoms with Crippen LogP contribution in [0.3, 0.4) is 0 Å². The molecule has 6 aromatic rings. The van der Waals surface area contributed by atoms with Gasteiger partial charge in [-0.25, -0.2) is 0 Å². The lowest BCUT2D eigenvalue weighted by Gasteiger charge is -2.06. The lowest BCUT2D eigenvalue weighted by atomic mass is 9.99. The Morgan fingerprint density at radius 2 is 1.59 bits per heavy atom. The fourth-order valence-corrected chi connectivity index (χ4v) is 5.36. The average Bonchev–Trinajstić information content (AvgIpc) is 3.19. The minimum Gasteiger partial charge on any atom is -0.256 e. The van der Waals surface area contributed by atoms with Crippen LogP contribution in [0.4, 0.5) is 0 Å². The predicted molar refractivity (Wildman–Crippen MR) is 127 cm³/mol. The maximum atomic E-state index is 7.91. The SMILES string of the molecule is [2H]C([2H])([2H])c1cnc(-c2cccc3c2sc2cc4ccc5ccccc5c4cc23)cc1C([2H])([2H])[2H]. The van der Waals surface area contributed by atoms with Crippen LogP contribution in [0, 0.1) is 13.7 Å². The maximum Gasteiger partial charge on any atom is 0.0719 e. The molecule has 0 saturated heterocycles. The molecule has 138 valence electrons. The van der Waals surface area contributed by atoms with Crippen molar-refractivity contribution in [1.29, 1.82) is 0 Å². The molecule has 0 aliphatic carbocycles. The molecule has 0 fully saturated rings. The van der Waals surface area contributed by atoms with Gasteiger partial charge < -0.3 is 0 Å². The summed E-state index contributed by atoms with van der Waals surface area (Å²) in [4.78, 5) is 4.40. The van der Waals surface area contributed by atoms with Crippen molar-refractivity contribution in [2.75, 3.05) is 0 Å². The van der Waals surface area contributed by atoms with Crippen LogP contribution in [0.5, 0.6) is 0 Å². The normalized spacial score (nSPS) is 15.7. The van der Waals surface area contributed by atoms with Gasteiger partial charge in [-0.1, -0.05) is 54.6 Å². The summed E-state index contributed by atoms with van der Waals surface area (Å²) in [5.74, 6) is 0. The number of hydrogen-bond acceptors (Lipinski definition) is 2. The van der Waals surface area contributed by atoms with Gasteiger partial charge in [0.2, 0.25) is 0 Å². The molecule has 2 heteroatoms. The molecule has 6 rings (SSSR count). The van der Waals surface area contributed by atoms with Crippen LogP contribution in [-0.2, 0) is 0 Å². The van der Waals surface area contributed by atoms with Crippen molar-refractivity contribution < 1.29 is 8.22 Å². The van der Waals surface area contributed by atoms with Gasteiger partial charge >= 0.3 is 0 Å². The molecule has 0 radical (unpaired) electrons. The molecule has 0 bridgehead atoms. The van der Waals surface area contributed by atoms with E-state index in [9.17, 15) is 0 Å². The summed E-state index contributed by atoms with van der Waals surface area (Å²) in [7, 11) is 0. The quantitative estimate of drug-likeness (QED) is 0.257. The smallest absolute Gasteiger partial charge is 0.0719 e. The van der Waals surface area contributed by atoms with Gasteiger partial charge in [0, 0.05) is 40.2 Å². The van der Waals surface area contributed by atoms with Gasteiger partial charge in [-0.15, -0.1) is 11.3 Å². The first-order chi connectivity index (χ1) is 16.6. The van der Waals surface area contributed by atoms with Crippen molar-refractivity contribution in [3.63, 3.8) is 0 Å². The number of nitrogens with zero attached hydrogens (tertiary/aromatic N) is 1. The van der Waals surface area contributed by atoms with Crippen LogP contribution in [0.15, 0.2) is 79.0 Å². The summed E-state index contributed by atoms with van der Waals surface area (Å²) >= 11 is 1.63. The van der Waals surface area contributed by atoms with Crippen molar-refractivity contribution in [2.45, 2.75) is 13.7 Å². The van der Waals surface area contributed by atoms with E-state index in [0.717, 1.165) is 31.1 Å². The van der Waals surface area contributed by atoms with Crippen LogP contribution in [0.1, 0.15) is 19.4 Å². The molecule has 0 N–H and O–H groups in total. The molecule has 0 aliphatic heterocycles. The number of aromatic nitrogens is 1. The Kier molecular flexibility index (Phi) is 2.47. The molecule has 2 aromatic heterocycles. The number of rotatable bonds is 1. The third kappa shape index (κ3) is 2.49. The minimum absolute atomic E-state index is 0.183. The van der Waals surface area contributed by atoms with Crippen LogP contribution < -0.4 is 0 Å². The van der Waals surface area contributed by atoms with E-state index in [-0.39, 0.29) is 11.1 Å². The molecular formula is C27H19NS. The Morgan fingerprint density at radius 3 is 2.52 bits per heavy atom. The van der Waals surface area contributed by atoms with Crippen LogP contribution in [0.2, 0.25) is 0 Å². The highest BCUT2D eigenvalue weighted by Crippen LogP contribution is 2.42. The Bertz CT molecular complexity index is 1780. The summed E-state index contributed by atoms with van der Waals surface area (Å²) in [5, 5.41) is 6.93. The standard InChI is InChI=1S/C27H19NS/c1-16-12-25(28-15-17(16)2)22-9-5-8-21-24-14-23-19(13-26(24)29-27(21)22)11-10-18-6-3-4-7-20(18)23/h3-15H,1-2H3/i1D3,2D3. The van der Waals surface area contributed by atoms with Gasteiger partial charge in [-0.05, 0) is 64.6 Å². The lowest BCUT2D eigenvalue weighted by Crippen LogP contribution is -1.88. The third-order valence-electron chi connectivity index (χ3n) is 5.54. The van der Waals surface area contributed by atoms with E-state index in [0.29, 0.717) is 5.69 Å².